The maximum Gasteiger partial charge on any atom is 0.222 e. The number of aryl methyl sites for hydroxylation is 1. The van der Waals surface area contributed by atoms with Crippen molar-refractivity contribution >= 4 is 21.9 Å². The number of aromatic nitrogens is 2. The Balaban J connectivity index is 2.64. The van der Waals surface area contributed by atoms with Crippen LogP contribution in [-0.4, -0.2) is 20.2 Å². The molecule has 1 aromatic carbocycles. The number of fused-ring (bicyclic) bond motifs is 3. The minimum Gasteiger partial charge on any atom is -0.504 e. The summed E-state index contributed by atoms with van der Waals surface area (Å²) >= 11 is 0. The molecule has 0 saturated carbocycles. The van der Waals surface area contributed by atoms with E-state index in [1.165, 1.54) is 12.3 Å². The van der Waals surface area contributed by atoms with E-state index >= 15 is 0 Å². The molecule has 0 aliphatic heterocycles. The van der Waals surface area contributed by atoms with Crippen LogP contribution in [0.5, 0.6) is 11.6 Å². The fourth-order valence-corrected chi connectivity index (χ4v) is 1.80. The molecule has 3 rings (SSSR count). The molecule has 0 unspecified atom stereocenters. The molecule has 2 N–H and O–H groups in total. The molecule has 0 aliphatic carbocycles. The highest BCUT2D eigenvalue weighted by Gasteiger charge is 2.13. The predicted octanol–water partition coefficient (Wildman–Crippen LogP) is 2.10. The molecule has 0 bridgehead atoms. The van der Waals surface area contributed by atoms with Gasteiger partial charge in [0.05, 0.1) is 22.6 Å². The van der Waals surface area contributed by atoms with Crippen LogP contribution < -0.4 is 0 Å². The second-order valence-corrected chi connectivity index (χ2v) is 3.55. The Bertz CT molecular complexity index is 703. The normalized spacial score (nSPS) is 11.3. The molecule has 2 heterocycles. The van der Waals surface area contributed by atoms with Gasteiger partial charge in [0.2, 0.25) is 5.88 Å². The van der Waals surface area contributed by atoms with Gasteiger partial charge in [-0.2, -0.15) is 4.98 Å². The number of furan rings is 1. The van der Waals surface area contributed by atoms with Gasteiger partial charge in [0.1, 0.15) is 5.82 Å². The summed E-state index contributed by atoms with van der Waals surface area (Å²) in [5.41, 5.74) is 0.941. The van der Waals surface area contributed by atoms with Crippen molar-refractivity contribution in [2.24, 2.45) is 0 Å². The average molecular weight is 216 g/mol. The zero-order valence-corrected chi connectivity index (χ0v) is 8.43. The number of hydrogen-bond acceptors (Lipinski definition) is 5. The van der Waals surface area contributed by atoms with Gasteiger partial charge in [-0.1, -0.05) is 0 Å². The van der Waals surface area contributed by atoms with Crippen molar-refractivity contribution in [1.82, 2.24) is 9.97 Å². The molecule has 0 fully saturated rings. The third-order valence-corrected chi connectivity index (χ3v) is 2.47. The molecule has 5 heteroatoms. The number of rotatable bonds is 0. The molecule has 0 radical (unpaired) electrons. The summed E-state index contributed by atoms with van der Waals surface area (Å²) in [4.78, 5) is 8.07. The van der Waals surface area contributed by atoms with Crippen molar-refractivity contribution in [2.75, 3.05) is 0 Å². The fraction of sp³-hybridized carbons (Fsp3) is 0.0909. The van der Waals surface area contributed by atoms with Crippen LogP contribution in [0.3, 0.4) is 0 Å². The number of hydrogen-bond donors (Lipinski definition) is 2. The lowest BCUT2D eigenvalue weighted by atomic mass is 10.1. The SMILES string of the molecule is Cc1nc(O)c2cc(O)c3occc3c2n1. The molecule has 0 amide bonds. The molecule has 0 spiro atoms. The zero-order valence-electron chi connectivity index (χ0n) is 8.43. The molecule has 16 heavy (non-hydrogen) atoms. The minimum absolute atomic E-state index is 0.0322. The van der Waals surface area contributed by atoms with Crippen molar-refractivity contribution < 1.29 is 14.6 Å². The largest absolute Gasteiger partial charge is 0.504 e. The van der Waals surface area contributed by atoms with E-state index in [2.05, 4.69) is 9.97 Å². The fourth-order valence-electron chi connectivity index (χ4n) is 1.80. The molecule has 3 aromatic rings. The van der Waals surface area contributed by atoms with Gasteiger partial charge in [-0.15, -0.1) is 0 Å². The summed E-state index contributed by atoms with van der Waals surface area (Å²) in [6.45, 7) is 1.69. The molecule has 0 saturated heterocycles. The van der Waals surface area contributed by atoms with Crippen LogP contribution >= 0.6 is 0 Å². The number of nitrogens with zero attached hydrogens (tertiary/aromatic N) is 2. The Hall–Kier alpha value is -2.30. The Morgan fingerprint density at radius 1 is 1.19 bits per heavy atom. The molecule has 0 aliphatic rings. The topological polar surface area (TPSA) is 79.4 Å². The lowest BCUT2D eigenvalue weighted by molar-refractivity contribution is 0.454. The van der Waals surface area contributed by atoms with Crippen molar-refractivity contribution in [1.29, 1.82) is 0 Å². The van der Waals surface area contributed by atoms with Gasteiger partial charge >= 0.3 is 0 Å². The standard InChI is InChI=1S/C11H8N2O3/c1-5-12-9-6-2-3-16-10(6)8(14)4-7(9)11(15)13-5/h2-4,14H,1H3,(H,12,13,15). The zero-order chi connectivity index (χ0) is 11.3. The van der Waals surface area contributed by atoms with E-state index in [9.17, 15) is 10.2 Å². The van der Waals surface area contributed by atoms with E-state index in [0.717, 1.165) is 0 Å². The van der Waals surface area contributed by atoms with Crippen LogP contribution in [0.4, 0.5) is 0 Å². The van der Waals surface area contributed by atoms with Crippen LogP contribution in [0.2, 0.25) is 0 Å². The highest BCUT2D eigenvalue weighted by Crippen LogP contribution is 2.35. The molecule has 80 valence electrons. The minimum atomic E-state index is -0.138. The first-order valence-electron chi connectivity index (χ1n) is 4.73. The van der Waals surface area contributed by atoms with Gasteiger partial charge in [-0.05, 0) is 19.1 Å². The maximum absolute atomic E-state index is 9.69. The Morgan fingerprint density at radius 3 is 2.81 bits per heavy atom. The van der Waals surface area contributed by atoms with Crippen molar-refractivity contribution in [3.63, 3.8) is 0 Å². The van der Waals surface area contributed by atoms with E-state index in [0.29, 0.717) is 27.7 Å². The summed E-state index contributed by atoms with van der Waals surface area (Å²) in [6.07, 6.45) is 1.47. The summed E-state index contributed by atoms with van der Waals surface area (Å²) < 4.78 is 5.14. The molecule has 0 atom stereocenters. The Morgan fingerprint density at radius 2 is 2.00 bits per heavy atom. The van der Waals surface area contributed by atoms with Gasteiger partial charge < -0.3 is 14.6 Å². The van der Waals surface area contributed by atoms with Crippen LogP contribution in [-0.2, 0) is 0 Å². The first kappa shape index (κ1) is 8.96. The maximum atomic E-state index is 9.69. The lowest BCUT2D eigenvalue weighted by Crippen LogP contribution is -1.90. The summed E-state index contributed by atoms with van der Waals surface area (Å²) in [5.74, 6) is 0.300. The van der Waals surface area contributed by atoms with Crippen LogP contribution in [0.15, 0.2) is 22.8 Å². The number of aromatic hydroxyl groups is 2. The lowest BCUT2D eigenvalue weighted by Gasteiger charge is -2.03. The second kappa shape index (κ2) is 2.85. The van der Waals surface area contributed by atoms with Crippen LogP contribution in [0, 0.1) is 6.92 Å². The highest BCUT2D eigenvalue weighted by molar-refractivity contribution is 6.07. The van der Waals surface area contributed by atoms with E-state index in [1.807, 2.05) is 0 Å². The third-order valence-electron chi connectivity index (χ3n) is 2.47. The third kappa shape index (κ3) is 1.05. The number of phenolic OH excluding ortho intramolecular Hbond substituents is 1. The van der Waals surface area contributed by atoms with Gasteiger partial charge in [-0.25, -0.2) is 4.98 Å². The summed E-state index contributed by atoms with van der Waals surface area (Å²) in [7, 11) is 0. The smallest absolute Gasteiger partial charge is 0.222 e. The van der Waals surface area contributed by atoms with Gasteiger partial charge in [0, 0.05) is 0 Å². The quantitative estimate of drug-likeness (QED) is 0.601. The van der Waals surface area contributed by atoms with E-state index < -0.39 is 0 Å². The first-order valence-corrected chi connectivity index (χ1v) is 4.73. The van der Waals surface area contributed by atoms with Crippen molar-refractivity contribution in [3.05, 3.63) is 24.2 Å². The van der Waals surface area contributed by atoms with Gasteiger partial charge in [0.15, 0.2) is 11.3 Å². The molecular weight excluding hydrogens is 208 g/mol. The second-order valence-electron chi connectivity index (χ2n) is 3.55. The Labute approximate surface area is 90.0 Å². The van der Waals surface area contributed by atoms with E-state index in [-0.39, 0.29) is 11.6 Å². The van der Waals surface area contributed by atoms with Crippen LogP contribution in [0.25, 0.3) is 21.9 Å². The average Bonchev–Trinajstić information content (AvgIpc) is 2.69. The molecule has 2 aromatic heterocycles. The van der Waals surface area contributed by atoms with Gasteiger partial charge in [0.25, 0.3) is 0 Å². The highest BCUT2D eigenvalue weighted by atomic mass is 16.3. The van der Waals surface area contributed by atoms with E-state index in [1.54, 1.807) is 13.0 Å². The van der Waals surface area contributed by atoms with Crippen molar-refractivity contribution in [3.8, 4) is 11.6 Å². The summed E-state index contributed by atoms with van der Waals surface area (Å²) in [5, 5.41) is 20.4. The molecule has 5 nitrogen and oxygen atoms in total. The number of benzene rings is 1. The van der Waals surface area contributed by atoms with Crippen LogP contribution in [0.1, 0.15) is 5.82 Å². The molecular formula is C11H8N2O3. The summed E-state index contributed by atoms with van der Waals surface area (Å²) in [6, 6.07) is 3.10. The van der Waals surface area contributed by atoms with Crippen molar-refractivity contribution in [2.45, 2.75) is 6.92 Å². The Kier molecular flexibility index (Phi) is 1.60. The van der Waals surface area contributed by atoms with E-state index in [4.69, 9.17) is 4.42 Å². The first-order chi connectivity index (χ1) is 7.66. The number of phenols is 1. The van der Waals surface area contributed by atoms with Gasteiger partial charge in [-0.3, -0.25) is 0 Å². The predicted molar refractivity (Wildman–Crippen MR) is 57.4 cm³/mol. The monoisotopic (exact) mass is 216 g/mol.